The highest BCUT2D eigenvalue weighted by Crippen LogP contribution is 2.36. The predicted molar refractivity (Wildman–Crippen MR) is 93.4 cm³/mol. The van der Waals surface area contributed by atoms with E-state index in [4.69, 9.17) is 9.47 Å². The van der Waals surface area contributed by atoms with Gasteiger partial charge >= 0.3 is 0 Å². The summed E-state index contributed by atoms with van der Waals surface area (Å²) in [6, 6.07) is 3.63. The Labute approximate surface area is 152 Å². The first-order valence-electron chi connectivity index (χ1n) is 8.86. The molecule has 2 fully saturated rings. The van der Waals surface area contributed by atoms with E-state index in [0.29, 0.717) is 32.0 Å². The molecule has 0 aliphatic carbocycles. The average molecular weight is 354 g/mol. The summed E-state index contributed by atoms with van der Waals surface area (Å²) in [4.78, 5) is 26.2. The lowest BCUT2D eigenvalue weighted by Crippen LogP contribution is -2.67. The summed E-state index contributed by atoms with van der Waals surface area (Å²) in [5.41, 5.74) is 2.44. The van der Waals surface area contributed by atoms with E-state index in [1.807, 2.05) is 12.3 Å². The first kappa shape index (κ1) is 17.1. The van der Waals surface area contributed by atoms with Gasteiger partial charge in [0.25, 0.3) is 5.91 Å². The maximum Gasteiger partial charge on any atom is 0.272 e. The molecule has 2 aromatic heterocycles. The Balaban J connectivity index is 1.32. The molecule has 2 aliphatic rings. The SMILES string of the molecule is Cc1ccncc1CO[C@H]1CCOC2(C1)CN(C(=O)c1ccncn1)C2. The highest BCUT2D eigenvalue weighted by Gasteiger charge is 2.49. The van der Waals surface area contributed by atoms with Crippen LogP contribution in [-0.2, 0) is 16.1 Å². The van der Waals surface area contributed by atoms with Crippen molar-refractivity contribution in [2.24, 2.45) is 0 Å². The largest absolute Gasteiger partial charge is 0.373 e. The van der Waals surface area contributed by atoms with Gasteiger partial charge in [-0.1, -0.05) is 0 Å². The van der Waals surface area contributed by atoms with Crippen molar-refractivity contribution in [1.82, 2.24) is 19.9 Å². The van der Waals surface area contributed by atoms with Crippen LogP contribution in [0.2, 0.25) is 0 Å². The van der Waals surface area contributed by atoms with E-state index in [1.165, 1.54) is 11.9 Å². The monoisotopic (exact) mass is 354 g/mol. The quantitative estimate of drug-likeness (QED) is 0.833. The van der Waals surface area contributed by atoms with Gasteiger partial charge in [0.15, 0.2) is 0 Å². The summed E-state index contributed by atoms with van der Waals surface area (Å²) < 4.78 is 12.1. The molecular formula is C19H22N4O3. The molecule has 4 rings (SSSR count). The summed E-state index contributed by atoms with van der Waals surface area (Å²) in [5, 5.41) is 0. The summed E-state index contributed by atoms with van der Waals surface area (Å²) >= 11 is 0. The zero-order valence-electron chi connectivity index (χ0n) is 14.8. The van der Waals surface area contributed by atoms with E-state index < -0.39 is 0 Å². The highest BCUT2D eigenvalue weighted by atomic mass is 16.5. The van der Waals surface area contributed by atoms with Crippen molar-refractivity contribution in [1.29, 1.82) is 0 Å². The summed E-state index contributed by atoms with van der Waals surface area (Å²) in [5.74, 6) is -0.0735. The Morgan fingerprint density at radius 2 is 2.19 bits per heavy atom. The molecule has 2 saturated heterocycles. The summed E-state index contributed by atoms with van der Waals surface area (Å²) in [7, 11) is 0. The predicted octanol–water partition coefficient (Wildman–Crippen LogP) is 1.77. The Kier molecular flexibility index (Phi) is 4.65. The summed E-state index contributed by atoms with van der Waals surface area (Å²) in [6.45, 7) is 4.45. The molecule has 2 aliphatic heterocycles. The van der Waals surface area contributed by atoms with Crippen molar-refractivity contribution in [2.45, 2.75) is 38.1 Å². The third-order valence-corrected chi connectivity index (χ3v) is 5.12. The first-order valence-corrected chi connectivity index (χ1v) is 8.86. The van der Waals surface area contributed by atoms with E-state index in [-0.39, 0.29) is 17.6 Å². The Hall–Kier alpha value is -2.38. The third kappa shape index (κ3) is 3.45. The van der Waals surface area contributed by atoms with Crippen molar-refractivity contribution in [3.05, 3.63) is 53.9 Å². The number of aromatic nitrogens is 3. The van der Waals surface area contributed by atoms with Crippen LogP contribution in [0, 0.1) is 6.92 Å². The van der Waals surface area contributed by atoms with Crippen LogP contribution >= 0.6 is 0 Å². The van der Waals surface area contributed by atoms with E-state index in [2.05, 4.69) is 21.9 Å². The molecule has 0 bridgehead atoms. The Morgan fingerprint density at radius 1 is 1.35 bits per heavy atom. The van der Waals surface area contributed by atoms with Crippen molar-refractivity contribution in [3.63, 3.8) is 0 Å². The zero-order chi connectivity index (χ0) is 18.0. The molecule has 26 heavy (non-hydrogen) atoms. The number of carbonyl (C=O) groups is 1. The fourth-order valence-corrected chi connectivity index (χ4v) is 3.57. The van der Waals surface area contributed by atoms with Gasteiger partial charge < -0.3 is 14.4 Å². The summed E-state index contributed by atoms with van der Waals surface area (Å²) in [6.07, 6.45) is 8.44. The highest BCUT2D eigenvalue weighted by molar-refractivity contribution is 5.92. The van der Waals surface area contributed by atoms with Crippen molar-refractivity contribution in [3.8, 4) is 0 Å². The van der Waals surface area contributed by atoms with Crippen LogP contribution in [0.1, 0.15) is 34.5 Å². The van der Waals surface area contributed by atoms with Crippen molar-refractivity contribution in [2.75, 3.05) is 19.7 Å². The van der Waals surface area contributed by atoms with E-state index >= 15 is 0 Å². The molecule has 7 nitrogen and oxygen atoms in total. The lowest BCUT2D eigenvalue weighted by Gasteiger charge is -2.52. The number of aryl methyl sites for hydroxylation is 1. The second-order valence-electron chi connectivity index (χ2n) is 7.02. The van der Waals surface area contributed by atoms with E-state index in [0.717, 1.165) is 18.4 Å². The fraction of sp³-hybridized carbons (Fsp3) is 0.474. The smallest absolute Gasteiger partial charge is 0.272 e. The number of carbonyl (C=O) groups excluding carboxylic acids is 1. The standard InChI is InChI=1S/C19H22N4O3/c1-14-2-5-20-9-15(14)10-25-16-4-7-26-19(8-16)11-23(12-19)18(24)17-3-6-21-13-22-17/h2-3,5-6,9,13,16H,4,7-8,10-12H2,1H3/t16-/m0/s1. The third-order valence-electron chi connectivity index (χ3n) is 5.12. The minimum Gasteiger partial charge on any atom is -0.373 e. The average Bonchev–Trinajstić information content (AvgIpc) is 2.66. The number of hydrogen-bond donors (Lipinski definition) is 0. The molecule has 2 aromatic rings. The Morgan fingerprint density at radius 3 is 2.96 bits per heavy atom. The molecule has 1 amide bonds. The van der Waals surface area contributed by atoms with Crippen LogP contribution in [-0.4, -0.2) is 57.2 Å². The van der Waals surface area contributed by atoms with Gasteiger partial charge in [0, 0.05) is 31.6 Å². The first-order chi connectivity index (χ1) is 12.7. The van der Waals surface area contributed by atoms with Gasteiger partial charge in [-0.25, -0.2) is 9.97 Å². The molecule has 1 atom stereocenters. The molecule has 0 N–H and O–H groups in total. The number of hydrogen-bond acceptors (Lipinski definition) is 6. The van der Waals surface area contributed by atoms with Gasteiger partial charge in [-0.3, -0.25) is 9.78 Å². The van der Waals surface area contributed by atoms with Gasteiger partial charge in [-0.2, -0.15) is 0 Å². The molecule has 0 aromatic carbocycles. The van der Waals surface area contributed by atoms with E-state index in [1.54, 1.807) is 23.4 Å². The second-order valence-corrected chi connectivity index (χ2v) is 7.02. The number of nitrogens with zero attached hydrogens (tertiary/aromatic N) is 4. The number of rotatable bonds is 4. The lowest BCUT2D eigenvalue weighted by molar-refractivity contribution is -0.188. The van der Waals surface area contributed by atoms with E-state index in [9.17, 15) is 4.79 Å². The normalized spacial score (nSPS) is 21.4. The van der Waals surface area contributed by atoms with Gasteiger partial charge in [-0.15, -0.1) is 0 Å². The maximum absolute atomic E-state index is 12.4. The van der Waals surface area contributed by atoms with Crippen molar-refractivity contribution >= 4 is 5.91 Å². The molecule has 136 valence electrons. The number of amides is 1. The second kappa shape index (κ2) is 7.09. The number of pyridine rings is 1. The Bertz CT molecular complexity index is 777. The van der Waals surface area contributed by atoms with Gasteiger partial charge in [-0.05, 0) is 36.6 Å². The van der Waals surface area contributed by atoms with Crippen LogP contribution in [0.4, 0.5) is 0 Å². The zero-order valence-corrected chi connectivity index (χ0v) is 14.8. The molecule has 7 heteroatoms. The molecule has 1 spiro atoms. The molecule has 4 heterocycles. The minimum atomic E-state index is -0.282. The van der Waals surface area contributed by atoms with Crippen LogP contribution < -0.4 is 0 Å². The number of likely N-dealkylation sites (tertiary alicyclic amines) is 1. The van der Waals surface area contributed by atoms with Crippen LogP contribution in [0.25, 0.3) is 0 Å². The van der Waals surface area contributed by atoms with Crippen LogP contribution in [0.15, 0.2) is 37.1 Å². The van der Waals surface area contributed by atoms with Crippen LogP contribution in [0.3, 0.4) is 0 Å². The minimum absolute atomic E-state index is 0.0735. The molecule has 0 radical (unpaired) electrons. The van der Waals surface area contributed by atoms with Crippen LogP contribution in [0.5, 0.6) is 0 Å². The molecular weight excluding hydrogens is 332 g/mol. The topological polar surface area (TPSA) is 77.4 Å². The van der Waals surface area contributed by atoms with Gasteiger partial charge in [0.1, 0.15) is 17.6 Å². The molecule has 0 saturated carbocycles. The van der Waals surface area contributed by atoms with Gasteiger partial charge in [0.2, 0.25) is 0 Å². The van der Waals surface area contributed by atoms with Crippen molar-refractivity contribution < 1.29 is 14.3 Å². The lowest BCUT2D eigenvalue weighted by atomic mass is 9.84. The maximum atomic E-state index is 12.4. The molecule has 0 unspecified atom stereocenters. The van der Waals surface area contributed by atoms with Gasteiger partial charge in [0.05, 0.1) is 25.8 Å². The fourth-order valence-electron chi connectivity index (χ4n) is 3.57. The number of ether oxygens (including phenoxy) is 2.